The van der Waals surface area contributed by atoms with Crippen molar-refractivity contribution in [2.45, 2.75) is 0 Å². The molecule has 2 aromatic carbocycles. The molecule has 1 heterocycles. The number of hydrogen-bond acceptors (Lipinski definition) is 6. The molecule has 0 atom stereocenters. The first kappa shape index (κ1) is 20.9. The summed E-state index contributed by atoms with van der Waals surface area (Å²) in [6.45, 7) is -0.260. The number of hydrogen-bond donors (Lipinski definition) is 2. The van der Waals surface area contributed by atoms with Crippen LogP contribution in [0.5, 0.6) is 11.5 Å². The molecule has 150 valence electrons. The van der Waals surface area contributed by atoms with Gasteiger partial charge in [-0.3, -0.25) is 9.59 Å². The van der Waals surface area contributed by atoms with E-state index in [0.29, 0.717) is 22.6 Å². The summed E-state index contributed by atoms with van der Waals surface area (Å²) >= 11 is 6.79. The maximum atomic E-state index is 12.3. The first-order valence-electron chi connectivity index (χ1n) is 8.18. The summed E-state index contributed by atoms with van der Waals surface area (Å²) in [7, 11) is 1.47. The highest BCUT2D eigenvalue weighted by atomic mass is 79.9. The number of nitrogens with one attached hydrogen (secondary N) is 1. The molecule has 3 aromatic rings. The van der Waals surface area contributed by atoms with Gasteiger partial charge in [0.15, 0.2) is 23.9 Å². The molecular weight excluding hydrogens is 510 g/mol. The second-order valence-electron chi connectivity index (χ2n) is 5.78. The first-order valence-corrected chi connectivity index (χ1v) is 9.77. The van der Waals surface area contributed by atoms with Gasteiger partial charge in [0.2, 0.25) is 0 Å². The molecule has 3 rings (SSSR count). The molecule has 0 fully saturated rings. The lowest BCUT2D eigenvalue weighted by molar-refractivity contribution is -0.119. The van der Waals surface area contributed by atoms with Gasteiger partial charge in [-0.1, -0.05) is 15.9 Å². The van der Waals surface area contributed by atoms with Gasteiger partial charge < -0.3 is 19.6 Å². The number of nitrogens with zero attached hydrogens (tertiary/aromatic N) is 1. The highest BCUT2D eigenvalue weighted by molar-refractivity contribution is 9.11. The number of hydrazone groups is 1. The smallest absolute Gasteiger partial charge is 0.307 e. The first-order chi connectivity index (χ1) is 13.9. The molecule has 1 aromatic heterocycles. The summed E-state index contributed by atoms with van der Waals surface area (Å²) < 4.78 is 17.7. The number of fused-ring (bicyclic) bond motifs is 1. The number of carbonyl (C=O) groups is 2. The Kier molecular flexibility index (Phi) is 6.55. The summed E-state index contributed by atoms with van der Waals surface area (Å²) in [4.78, 5) is 23.1. The number of rotatable bonds is 7. The topological polar surface area (TPSA) is 116 Å². The van der Waals surface area contributed by atoms with Crippen molar-refractivity contribution in [1.29, 1.82) is 0 Å². The third-order valence-electron chi connectivity index (χ3n) is 3.70. The Morgan fingerprint density at radius 3 is 2.72 bits per heavy atom. The number of primary amides is 1. The lowest BCUT2D eigenvalue weighted by Gasteiger charge is -2.09. The van der Waals surface area contributed by atoms with Gasteiger partial charge in [-0.05, 0) is 57.9 Å². The molecule has 8 nitrogen and oxygen atoms in total. The van der Waals surface area contributed by atoms with Crippen LogP contribution in [0.3, 0.4) is 0 Å². The maximum absolute atomic E-state index is 12.3. The summed E-state index contributed by atoms with van der Waals surface area (Å²) in [5.41, 5.74) is 8.69. The van der Waals surface area contributed by atoms with Crippen LogP contribution in [0, 0.1) is 0 Å². The van der Waals surface area contributed by atoms with Gasteiger partial charge in [0.25, 0.3) is 5.91 Å². The van der Waals surface area contributed by atoms with Crippen molar-refractivity contribution < 1.29 is 23.5 Å². The lowest BCUT2D eigenvalue weighted by atomic mass is 10.2. The normalized spacial score (nSPS) is 11.0. The Bertz CT molecular complexity index is 1110. The predicted molar refractivity (Wildman–Crippen MR) is 114 cm³/mol. The number of ether oxygens (including phenoxy) is 2. The molecule has 0 spiro atoms. The second kappa shape index (κ2) is 9.10. The van der Waals surface area contributed by atoms with E-state index in [1.165, 1.54) is 13.3 Å². The highest BCUT2D eigenvalue weighted by Crippen LogP contribution is 2.31. The average molecular weight is 525 g/mol. The molecule has 0 aliphatic rings. The van der Waals surface area contributed by atoms with E-state index in [-0.39, 0.29) is 12.4 Å². The van der Waals surface area contributed by atoms with Crippen molar-refractivity contribution >= 4 is 60.9 Å². The minimum absolute atomic E-state index is 0.128. The van der Waals surface area contributed by atoms with Gasteiger partial charge in [0.05, 0.1) is 17.8 Å². The van der Waals surface area contributed by atoms with Gasteiger partial charge in [-0.15, -0.1) is 0 Å². The summed E-state index contributed by atoms with van der Waals surface area (Å²) in [5.74, 6) is -0.191. The monoisotopic (exact) mass is 523 g/mol. The molecule has 0 saturated heterocycles. The molecule has 3 N–H and O–H groups in total. The molecule has 10 heteroatoms. The van der Waals surface area contributed by atoms with Gasteiger partial charge in [-0.2, -0.15) is 5.10 Å². The van der Waals surface area contributed by atoms with E-state index >= 15 is 0 Å². The maximum Gasteiger partial charge on any atom is 0.307 e. The van der Waals surface area contributed by atoms with E-state index in [1.54, 1.807) is 24.3 Å². The van der Waals surface area contributed by atoms with E-state index in [2.05, 4.69) is 42.4 Å². The zero-order valence-corrected chi connectivity index (χ0v) is 18.2. The van der Waals surface area contributed by atoms with Crippen LogP contribution < -0.4 is 20.6 Å². The number of nitrogens with two attached hydrogens (primary N) is 1. The van der Waals surface area contributed by atoms with Crippen LogP contribution in [-0.2, 0) is 4.79 Å². The zero-order valence-electron chi connectivity index (χ0n) is 15.1. The number of amides is 2. The largest absolute Gasteiger partial charge is 0.493 e. The molecule has 0 bridgehead atoms. The van der Waals surface area contributed by atoms with Gasteiger partial charge in [-0.25, -0.2) is 5.43 Å². The SMILES string of the molecule is COc1cc(/C=N\NC(=O)c2cc3cc(Br)cc(Br)c3o2)ccc1OCC(N)=O. The van der Waals surface area contributed by atoms with Crippen LogP contribution in [0.4, 0.5) is 0 Å². The van der Waals surface area contributed by atoms with Crippen LogP contribution in [-0.4, -0.2) is 31.7 Å². The molecule has 0 aliphatic carbocycles. The van der Waals surface area contributed by atoms with Crippen molar-refractivity contribution in [2.75, 3.05) is 13.7 Å². The van der Waals surface area contributed by atoms with Gasteiger partial charge >= 0.3 is 5.91 Å². The second-order valence-corrected chi connectivity index (χ2v) is 7.55. The summed E-state index contributed by atoms with van der Waals surface area (Å²) in [5, 5.41) is 4.71. The fraction of sp³-hybridized carbons (Fsp3) is 0.105. The Labute approximate surface area is 182 Å². The highest BCUT2D eigenvalue weighted by Gasteiger charge is 2.14. The minimum Gasteiger partial charge on any atom is -0.493 e. The molecule has 29 heavy (non-hydrogen) atoms. The molecular formula is C19H15Br2N3O5. The number of carbonyl (C=O) groups excluding carboxylic acids is 2. The Balaban J connectivity index is 1.70. The number of furan rings is 1. The Hall–Kier alpha value is -2.85. The average Bonchev–Trinajstić information content (AvgIpc) is 3.11. The number of halogens is 2. The van der Waals surface area contributed by atoms with E-state index in [4.69, 9.17) is 19.6 Å². The zero-order chi connectivity index (χ0) is 21.0. The molecule has 0 unspecified atom stereocenters. The standard InChI is InChI=1S/C19H15Br2N3O5/c1-27-15-4-10(2-3-14(15)28-9-17(22)25)8-23-24-19(26)16-6-11-5-12(20)7-13(21)18(11)29-16/h2-8H,9H2,1H3,(H2,22,25)(H,24,26)/b23-8-. The third kappa shape index (κ3) is 5.15. The molecule has 2 amide bonds. The molecule has 0 saturated carbocycles. The van der Waals surface area contributed by atoms with Crippen molar-refractivity contribution in [3.8, 4) is 11.5 Å². The van der Waals surface area contributed by atoms with Crippen LogP contribution in [0.2, 0.25) is 0 Å². The van der Waals surface area contributed by atoms with E-state index in [1.807, 2.05) is 12.1 Å². The summed E-state index contributed by atoms with van der Waals surface area (Å²) in [6.07, 6.45) is 1.44. The quantitative estimate of drug-likeness (QED) is 0.362. The van der Waals surface area contributed by atoms with Crippen LogP contribution in [0.25, 0.3) is 11.0 Å². The van der Waals surface area contributed by atoms with Gasteiger partial charge in [0.1, 0.15) is 5.58 Å². The van der Waals surface area contributed by atoms with Gasteiger partial charge in [0, 0.05) is 9.86 Å². The van der Waals surface area contributed by atoms with Crippen LogP contribution in [0.1, 0.15) is 16.1 Å². The fourth-order valence-electron chi connectivity index (χ4n) is 2.44. The third-order valence-corrected chi connectivity index (χ3v) is 4.74. The number of methoxy groups -OCH3 is 1. The van der Waals surface area contributed by atoms with Crippen LogP contribution >= 0.6 is 31.9 Å². The van der Waals surface area contributed by atoms with Crippen molar-refractivity contribution in [3.63, 3.8) is 0 Å². The Morgan fingerprint density at radius 2 is 2.00 bits per heavy atom. The van der Waals surface area contributed by atoms with E-state index < -0.39 is 11.8 Å². The summed E-state index contributed by atoms with van der Waals surface area (Å²) in [6, 6.07) is 10.2. The van der Waals surface area contributed by atoms with Crippen molar-refractivity contribution in [2.24, 2.45) is 10.8 Å². The fourth-order valence-corrected chi connectivity index (χ4v) is 3.78. The minimum atomic E-state index is -0.592. The number of benzene rings is 2. The van der Waals surface area contributed by atoms with E-state index in [0.717, 1.165) is 14.3 Å². The lowest BCUT2D eigenvalue weighted by Crippen LogP contribution is -2.20. The predicted octanol–water partition coefficient (Wildman–Crippen LogP) is 3.59. The van der Waals surface area contributed by atoms with E-state index in [9.17, 15) is 9.59 Å². The van der Waals surface area contributed by atoms with Crippen molar-refractivity contribution in [3.05, 3.63) is 56.7 Å². The molecule has 0 aliphatic heterocycles. The Morgan fingerprint density at radius 1 is 1.21 bits per heavy atom. The van der Waals surface area contributed by atoms with Crippen molar-refractivity contribution in [1.82, 2.24) is 5.43 Å². The van der Waals surface area contributed by atoms with Crippen LogP contribution in [0.15, 0.2) is 54.9 Å². The molecule has 0 radical (unpaired) electrons.